The van der Waals surface area contributed by atoms with Crippen LogP contribution in [-0.4, -0.2) is 50.7 Å². The molecule has 0 radical (unpaired) electrons. The summed E-state index contributed by atoms with van der Waals surface area (Å²) >= 11 is 6.10. The van der Waals surface area contributed by atoms with Crippen molar-refractivity contribution in [2.24, 2.45) is 0 Å². The molecule has 2 heterocycles. The summed E-state index contributed by atoms with van der Waals surface area (Å²) in [6, 6.07) is 21.1. The number of anilines is 3. The fourth-order valence-electron chi connectivity index (χ4n) is 4.54. The number of carboxylic acid groups (broad SMARTS) is 1. The lowest BCUT2D eigenvalue weighted by molar-refractivity contribution is 0.0699. The van der Waals surface area contributed by atoms with Gasteiger partial charge in [0.25, 0.3) is 10.0 Å². The van der Waals surface area contributed by atoms with Gasteiger partial charge in [0, 0.05) is 48.0 Å². The Morgan fingerprint density at radius 2 is 1.65 bits per heavy atom. The van der Waals surface area contributed by atoms with E-state index >= 15 is 0 Å². The van der Waals surface area contributed by atoms with Crippen LogP contribution in [0.1, 0.15) is 15.9 Å². The SMILES string of the molecule is Cc1c(Cl)cccc1S(=O)(=O)Nc1ccc2nc(N3CCN(c4ccccc4)CC3)cc(C(=O)O)c2c1. The van der Waals surface area contributed by atoms with Gasteiger partial charge in [-0.1, -0.05) is 35.9 Å². The zero-order valence-corrected chi connectivity index (χ0v) is 21.6. The summed E-state index contributed by atoms with van der Waals surface area (Å²) in [5, 5.41) is 10.6. The lowest BCUT2D eigenvalue weighted by Gasteiger charge is -2.37. The molecule has 1 aliphatic heterocycles. The summed E-state index contributed by atoms with van der Waals surface area (Å²) in [5.41, 5.74) is 2.36. The summed E-state index contributed by atoms with van der Waals surface area (Å²) < 4.78 is 28.5. The molecule has 37 heavy (non-hydrogen) atoms. The van der Waals surface area contributed by atoms with Crippen molar-refractivity contribution >= 4 is 55.7 Å². The normalized spacial score (nSPS) is 14.1. The first-order chi connectivity index (χ1) is 17.7. The first kappa shape index (κ1) is 24.9. The number of benzene rings is 3. The van der Waals surface area contributed by atoms with Gasteiger partial charge in [0.15, 0.2) is 0 Å². The summed E-state index contributed by atoms with van der Waals surface area (Å²) in [7, 11) is -3.94. The molecule has 4 aromatic rings. The first-order valence-electron chi connectivity index (χ1n) is 11.7. The number of aromatic carboxylic acids is 1. The van der Waals surface area contributed by atoms with Crippen molar-refractivity contribution < 1.29 is 18.3 Å². The van der Waals surface area contributed by atoms with E-state index in [0.717, 1.165) is 18.8 Å². The predicted octanol–water partition coefficient (Wildman–Crippen LogP) is 5.02. The largest absolute Gasteiger partial charge is 0.478 e. The van der Waals surface area contributed by atoms with Crippen molar-refractivity contribution in [2.75, 3.05) is 40.7 Å². The van der Waals surface area contributed by atoms with Crippen LogP contribution in [0.5, 0.6) is 0 Å². The average molecular weight is 537 g/mol. The molecule has 0 spiro atoms. The van der Waals surface area contributed by atoms with E-state index in [9.17, 15) is 18.3 Å². The van der Waals surface area contributed by atoms with E-state index in [4.69, 9.17) is 16.6 Å². The zero-order valence-electron chi connectivity index (χ0n) is 20.1. The van der Waals surface area contributed by atoms with Crippen molar-refractivity contribution in [1.29, 1.82) is 0 Å². The fraction of sp³-hybridized carbons (Fsp3) is 0.185. The summed E-state index contributed by atoms with van der Waals surface area (Å²) in [5.74, 6) is -0.525. The number of sulfonamides is 1. The quantitative estimate of drug-likeness (QED) is 0.356. The number of hydrogen-bond acceptors (Lipinski definition) is 6. The molecule has 0 amide bonds. The highest BCUT2D eigenvalue weighted by molar-refractivity contribution is 7.92. The lowest BCUT2D eigenvalue weighted by Crippen LogP contribution is -2.46. The second kappa shape index (κ2) is 9.91. The van der Waals surface area contributed by atoms with Gasteiger partial charge in [0.1, 0.15) is 5.82 Å². The first-order valence-corrected chi connectivity index (χ1v) is 13.6. The molecule has 3 aromatic carbocycles. The molecular weight excluding hydrogens is 512 g/mol. The third kappa shape index (κ3) is 5.05. The summed E-state index contributed by atoms with van der Waals surface area (Å²) in [6.45, 7) is 4.60. The van der Waals surface area contributed by atoms with Crippen LogP contribution in [-0.2, 0) is 10.0 Å². The molecule has 1 aromatic heterocycles. The topological polar surface area (TPSA) is 103 Å². The van der Waals surface area contributed by atoms with Crippen LogP contribution < -0.4 is 14.5 Å². The summed E-state index contributed by atoms with van der Waals surface area (Å²) in [4.78, 5) is 21.3. The second-order valence-electron chi connectivity index (χ2n) is 8.84. The van der Waals surface area contributed by atoms with Gasteiger partial charge in [0.2, 0.25) is 0 Å². The molecule has 1 fully saturated rings. The number of carbonyl (C=O) groups is 1. The van der Waals surface area contributed by atoms with Crippen LogP contribution in [0.25, 0.3) is 10.9 Å². The Kier molecular flexibility index (Phi) is 6.66. The molecule has 0 unspecified atom stereocenters. The maximum atomic E-state index is 13.0. The van der Waals surface area contributed by atoms with Crippen molar-refractivity contribution in [3.05, 3.63) is 88.9 Å². The Morgan fingerprint density at radius 1 is 0.946 bits per heavy atom. The maximum absolute atomic E-state index is 13.0. The number of hydrogen-bond donors (Lipinski definition) is 2. The Balaban J connectivity index is 1.43. The minimum atomic E-state index is -3.94. The standard InChI is InChI=1S/C27H25ClN4O4S/c1-18-23(28)8-5-9-25(18)37(35,36)30-19-10-11-24-21(16-19)22(27(33)34)17-26(29-24)32-14-12-31(13-15-32)20-6-3-2-4-7-20/h2-11,16-17,30H,12-15H2,1H3,(H,33,34). The Morgan fingerprint density at radius 3 is 2.35 bits per heavy atom. The van der Waals surface area contributed by atoms with E-state index in [2.05, 4.69) is 26.7 Å². The van der Waals surface area contributed by atoms with Gasteiger partial charge in [-0.15, -0.1) is 0 Å². The highest BCUT2D eigenvalue weighted by Gasteiger charge is 2.22. The molecule has 0 saturated carbocycles. The number of halogens is 1. The number of carboxylic acids is 1. The number of fused-ring (bicyclic) bond motifs is 1. The Bertz CT molecular complexity index is 1590. The van der Waals surface area contributed by atoms with Crippen LogP contribution in [0.2, 0.25) is 5.02 Å². The van der Waals surface area contributed by atoms with Crippen LogP contribution in [0.3, 0.4) is 0 Å². The molecule has 8 nitrogen and oxygen atoms in total. The van der Waals surface area contributed by atoms with E-state index in [-0.39, 0.29) is 16.1 Å². The van der Waals surface area contributed by atoms with E-state index in [1.165, 1.54) is 12.1 Å². The monoisotopic (exact) mass is 536 g/mol. The molecule has 0 aliphatic carbocycles. The molecule has 5 rings (SSSR count). The maximum Gasteiger partial charge on any atom is 0.336 e. The Hall–Kier alpha value is -3.82. The van der Waals surface area contributed by atoms with Crippen molar-refractivity contribution in [3.63, 3.8) is 0 Å². The van der Waals surface area contributed by atoms with E-state index in [0.29, 0.717) is 40.4 Å². The minimum absolute atomic E-state index is 0.0571. The van der Waals surface area contributed by atoms with E-state index in [1.807, 2.05) is 18.2 Å². The van der Waals surface area contributed by atoms with Gasteiger partial charge in [0.05, 0.1) is 16.0 Å². The molecule has 0 atom stereocenters. The van der Waals surface area contributed by atoms with Gasteiger partial charge >= 0.3 is 5.97 Å². The highest BCUT2D eigenvalue weighted by Crippen LogP contribution is 2.29. The number of pyridine rings is 1. The average Bonchev–Trinajstić information content (AvgIpc) is 2.90. The number of para-hydroxylation sites is 1. The number of nitrogens with zero attached hydrogens (tertiary/aromatic N) is 3. The van der Waals surface area contributed by atoms with Crippen LogP contribution in [0.15, 0.2) is 77.7 Å². The van der Waals surface area contributed by atoms with Crippen LogP contribution in [0.4, 0.5) is 17.2 Å². The van der Waals surface area contributed by atoms with Crippen molar-refractivity contribution in [2.45, 2.75) is 11.8 Å². The molecule has 190 valence electrons. The smallest absolute Gasteiger partial charge is 0.336 e. The van der Waals surface area contributed by atoms with E-state index in [1.54, 1.807) is 37.3 Å². The summed E-state index contributed by atoms with van der Waals surface area (Å²) in [6.07, 6.45) is 0. The van der Waals surface area contributed by atoms with Gasteiger partial charge in [-0.05, 0) is 61.0 Å². The van der Waals surface area contributed by atoms with Gasteiger partial charge in [-0.3, -0.25) is 4.72 Å². The van der Waals surface area contributed by atoms with E-state index < -0.39 is 16.0 Å². The second-order valence-corrected chi connectivity index (χ2v) is 10.9. The number of piperazine rings is 1. The fourth-order valence-corrected chi connectivity index (χ4v) is 6.08. The molecule has 2 N–H and O–H groups in total. The number of aromatic nitrogens is 1. The minimum Gasteiger partial charge on any atom is -0.478 e. The third-order valence-corrected chi connectivity index (χ3v) is 8.45. The lowest BCUT2D eigenvalue weighted by atomic mass is 10.1. The number of nitrogens with one attached hydrogen (secondary N) is 1. The number of rotatable bonds is 6. The molecular formula is C27H25ClN4O4S. The van der Waals surface area contributed by atoms with Gasteiger partial charge in [-0.2, -0.15) is 0 Å². The van der Waals surface area contributed by atoms with Crippen LogP contribution >= 0.6 is 11.6 Å². The van der Waals surface area contributed by atoms with Crippen LogP contribution in [0, 0.1) is 6.92 Å². The van der Waals surface area contributed by atoms with Gasteiger partial charge < -0.3 is 14.9 Å². The highest BCUT2D eigenvalue weighted by atomic mass is 35.5. The predicted molar refractivity (Wildman–Crippen MR) is 147 cm³/mol. The zero-order chi connectivity index (χ0) is 26.2. The molecule has 1 aliphatic rings. The molecule has 0 bridgehead atoms. The third-order valence-electron chi connectivity index (χ3n) is 6.51. The molecule has 1 saturated heterocycles. The Labute approximate surface area is 220 Å². The van der Waals surface area contributed by atoms with Crippen molar-refractivity contribution in [3.8, 4) is 0 Å². The van der Waals surface area contributed by atoms with Gasteiger partial charge in [-0.25, -0.2) is 18.2 Å². The molecule has 10 heteroatoms. The van der Waals surface area contributed by atoms with Crippen molar-refractivity contribution in [1.82, 2.24) is 4.98 Å².